The molecule has 0 atom stereocenters. The number of anilines is 1. The number of aryl methyl sites for hydroxylation is 1. The molecule has 1 aromatic carbocycles. The third-order valence-electron chi connectivity index (χ3n) is 2.19. The summed E-state index contributed by atoms with van der Waals surface area (Å²) in [6.07, 6.45) is 0. The zero-order valence-corrected chi connectivity index (χ0v) is 11.0. The van der Waals surface area contributed by atoms with Gasteiger partial charge in [0, 0.05) is 11.9 Å². The van der Waals surface area contributed by atoms with Crippen molar-refractivity contribution in [1.82, 2.24) is 4.98 Å². The van der Waals surface area contributed by atoms with Gasteiger partial charge in [-0.15, -0.1) is 0 Å². The van der Waals surface area contributed by atoms with Gasteiger partial charge in [0.2, 0.25) is 5.91 Å². The van der Waals surface area contributed by atoms with Crippen molar-refractivity contribution in [3.05, 3.63) is 35.0 Å². The first kappa shape index (κ1) is 12.1. The first-order chi connectivity index (χ1) is 8.06. The van der Waals surface area contributed by atoms with Gasteiger partial charge in [0.05, 0.1) is 10.6 Å². The zero-order valence-electron chi connectivity index (χ0n) is 9.45. The number of hydrogen-bond donors (Lipinski definition) is 1. The molecule has 3 nitrogen and oxygen atoms in total. The van der Waals surface area contributed by atoms with Crippen LogP contribution in [0.5, 0.6) is 0 Å². The van der Waals surface area contributed by atoms with E-state index in [-0.39, 0.29) is 5.91 Å². The second-order valence-corrected chi connectivity index (χ2v) is 5.06. The van der Waals surface area contributed by atoms with Crippen molar-refractivity contribution in [1.29, 1.82) is 0 Å². The maximum atomic E-state index is 11.0. The highest BCUT2D eigenvalue weighted by Crippen LogP contribution is 2.33. The molecule has 0 saturated carbocycles. The zero-order chi connectivity index (χ0) is 12.4. The average Bonchev–Trinajstić information content (AvgIpc) is 2.59. The van der Waals surface area contributed by atoms with Gasteiger partial charge in [-0.1, -0.05) is 35.1 Å². The number of benzene rings is 1. The van der Waals surface area contributed by atoms with Crippen LogP contribution in [-0.4, -0.2) is 10.9 Å². The van der Waals surface area contributed by atoms with E-state index in [1.807, 2.05) is 31.2 Å². The normalized spacial score (nSPS) is 10.3. The lowest BCUT2D eigenvalue weighted by Crippen LogP contribution is -2.04. The number of amides is 1. The maximum Gasteiger partial charge on any atom is 0.223 e. The molecule has 88 valence electrons. The van der Waals surface area contributed by atoms with Crippen LogP contribution < -0.4 is 5.32 Å². The summed E-state index contributed by atoms with van der Waals surface area (Å²) in [5.74, 6) is -0.110. The van der Waals surface area contributed by atoms with E-state index >= 15 is 0 Å². The molecule has 0 bridgehead atoms. The van der Waals surface area contributed by atoms with E-state index in [0.29, 0.717) is 10.2 Å². The van der Waals surface area contributed by atoms with Crippen molar-refractivity contribution in [2.75, 3.05) is 5.32 Å². The van der Waals surface area contributed by atoms with Gasteiger partial charge in [-0.05, 0) is 24.6 Å². The Balaban J connectivity index is 2.35. The lowest BCUT2D eigenvalue weighted by Gasteiger charge is -1.98. The lowest BCUT2D eigenvalue weighted by molar-refractivity contribution is -0.114. The Morgan fingerprint density at radius 3 is 2.59 bits per heavy atom. The monoisotopic (exact) mass is 266 g/mol. The Morgan fingerprint density at radius 2 is 2.00 bits per heavy atom. The molecule has 0 aliphatic carbocycles. The highest BCUT2D eigenvalue weighted by Gasteiger charge is 2.10. The van der Waals surface area contributed by atoms with E-state index in [1.54, 1.807) is 0 Å². The molecule has 1 heterocycles. The minimum atomic E-state index is -0.110. The van der Waals surface area contributed by atoms with Crippen molar-refractivity contribution < 1.29 is 4.79 Å². The largest absolute Gasteiger partial charge is 0.302 e. The van der Waals surface area contributed by atoms with Crippen LogP contribution in [0.1, 0.15) is 12.6 Å². The fourth-order valence-electron chi connectivity index (χ4n) is 1.47. The number of rotatable bonds is 2. The van der Waals surface area contributed by atoms with Crippen LogP contribution in [0.25, 0.3) is 10.4 Å². The average molecular weight is 267 g/mol. The van der Waals surface area contributed by atoms with Crippen molar-refractivity contribution in [2.24, 2.45) is 0 Å². The lowest BCUT2D eigenvalue weighted by atomic mass is 10.2. The predicted molar refractivity (Wildman–Crippen MR) is 71.6 cm³/mol. The summed E-state index contributed by atoms with van der Waals surface area (Å²) in [6, 6.07) is 7.57. The maximum absolute atomic E-state index is 11.0. The van der Waals surface area contributed by atoms with E-state index in [2.05, 4.69) is 10.3 Å². The van der Waals surface area contributed by atoms with Gasteiger partial charge in [-0.2, -0.15) is 0 Å². The number of carbonyl (C=O) groups excluding carboxylic acids is 1. The SMILES string of the molecule is CC(=O)Nc1nc(C)c(-c2ccc(Cl)cc2)s1. The third-order valence-corrected chi connectivity index (χ3v) is 3.56. The van der Waals surface area contributed by atoms with Crippen LogP contribution in [0.3, 0.4) is 0 Å². The first-order valence-corrected chi connectivity index (χ1v) is 6.26. The molecule has 1 N–H and O–H groups in total. The van der Waals surface area contributed by atoms with Crippen LogP contribution in [0.4, 0.5) is 5.13 Å². The van der Waals surface area contributed by atoms with E-state index in [1.165, 1.54) is 18.3 Å². The van der Waals surface area contributed by atoms with E-state index in [4.69, 9.17) is 11.6 Å². The summed E-state index contributed by atoms with van der Waals surface area (Å²) in [6.45, 7) is 3.39. The number of thiazole rings is 1. The Bertz CT molecular complexity index is 548. The molecule has 1 amide bonds. The van der Waals surface area contributed by atoms with Gasteiger partial charge in [0.15, 0.2) is 5.13 Å². The van der Waals surface area contributed by atoms with Gasteiger partial charge in [-0.3, -0.25) is 4.79 Å². The van der Waals surface area contributed by atoms with Crippen molar-refractivity contribution >= 4 is 34.0 Å². The minimum absolute atomic E-state index is 0.110. The number of hydrogen-bond acceptors (Lipinski definition) is 3. The molecular weight excluding hydrogens is 256 g/mol. The van der Waals surface area contributed by atoms with Gasteiger partial charge < -0.3 is 5.32 Å². The Morgan fingerprint density at radius 1 is 1.35 bits per heavy atom. The van der Waals surface area contributed by atoms with Crippen LogP contribution in [0, 0.1) is 6.92 Å². The quantitative estimate of drug-likeness (QED) is 0.900. The van der Waals surface area contributed by atoms with E-state index in [9.17, 15) is 4.79 Å². The summed E-state index contributed by atoms with van der Waals surface area (Å²) >= 11 is 7.30. The number of nitrogens with one attached hydrogen (secondary N) is 1. The minimum Gasteiger partial charge on any atom is -0.302 e. The van der Waals surface area contributed by atoms with E-state index < -0.39 is 0 Å². The summed E-state index contributed by atoms with van der Waals surface area (Å²) in [4.78, 5) is 16.3. The predicted octanol–water partition coefficient (Wildman–Crippen LogP) is 3.73. The first-order valence-electron chi connectivity index (χ1n) is 5.07. The molecule has 0 fully saturated rings. The molecule has 17 heavy (non-hydrogen) atoms. The standard InChI is InChI=1S/C12H11ClN2OS/c1-7-11(9-3-5-10(13)6-4-9)17-12(14-7)15-8(2)16/h3-6H,1-2H3,(H,14,15,16). The number of aromatic nitrogens is 1. The number of nitrogens with zero attached hydrogens (tertiary/aromatic N) is 1. The molecule has 1 aromatic heterocycles. The molecule has 0 spiro atoms. The summed E-state index contributed by atoms with van der Waals surface area (Å²) in [7, 11) is 0. The Labute approximate surface area is 108 Å². The highest BCUT2D eigenvalue weighted by molar-refractivity contribution is 7.19. The molecule has 2 rings (SSSR count). The molecule has 0 radical (unpaired) electrons. The summed E-state index contributed by atoms with van der Waals surface area (Å²) in [5, 5.41) is 4.02. The van der Waals surface area contributed by atoms with Crippen LogP contribution in [0.15, 0.2) is 24.3 Å². The highest BCUT2D eigenvalue weighted by atomic mass is 35.5. The fraction of sp³-hybridized carbons (Fsp3) is 0.167. The fourth-order valence-corrected chi connectivity index (χ4v) is 2.61. The number of carbonyl (C=O) groups is 1. The van der Waals surface area contributed by atoms with Crippen LogP contribution in [-0.2, 0) is 4.79 Å². The molecule has 0 saturated heterocycles. The molecule has 0 unspecified atom stereocenters. The number of halogens is 1. The summed E-state index contributed by atoms with van der Waals surface area (Å²) in [5.41, 5.74) is 1.96. The molecular formula is C12H11ClN2OS. The Hall–Kier alpha value is -1.39. The van der Waals surface area contributed by atoms with Gasteiger partial charge in [-0.25, -0.2) is 4.98 Å². The van der Waals surface area contributed by atoms with Crippen molar-refractivity contribution in [3.63, 3.8) is 0 Å². The third kappa shape index (κ3) is 2.84. The van der Waals surface area contributed by atoms with Crippen molar-refractivity contribution in [3.8, 4) is 10.4 Å². The van der Waals surface area contributed by atoms with E-state index in [0.717, 1.165) is 16.1 Å². The summed E-state index contributed by atoms with van der Waals surface area (Å²) < 4.78 is 0. The Kier molecular flexibility index (Phi) is 3.45. The van der Waals surface area contributed by atoms with Crippen LogP contribution in [0.2, 0.25) is 5.02 Å². The van der Waals surface area contributed by atoms with Crippen LogP contribution >= 0.6 is 22.9 Å². The topological polar surface area (TPSA) is 42.0 Å². The molecule has 2 aromatic rings. The second-order valence-electron chi connectivity index (χ2n) is 3.62. The van der Waals surface area contributed by atoms with Gasteiger partial charge in [0.25, 0.3) is 0 Å². The van der Waals surface area contributed by atoms with Crippen molar-refractivity contribution in [2.45, 2.75) is 13.8 Å². The van der Waals surface area contributed by atoms with Gasteiger partial charge in [0.1, 0.15) is 0 Å². The second kappa shape index (κ2) is 4.85. The molecule has 0 aliphatic heterocycles. The smallest absolute Gasteiger partial charge is 0.223 e. The van der Waals surface area contributed by atoms with Gasteiger partial charge >= 0.3 is 0 Å². The molecule has 5 heteroatoms. The molecule has 0 aliphatic rings.